The number of nitrogens with one attached hydrogen (secondary N) is 1. The molecule has 0 atom stereocenters. The molecule has 0 unspecified atom stereocenters. The molecule has 19 heavy (non-hydrogen) atoms. The number of anilines is 2. The molecule has 4 nitrogen and oxygen atoms in total. The zero-order chi connectivity index (χ0) is 13.1. The van der Waals surface area contributed by atoms with Crippen molar-refractivity contribution in [1.29, 1.82) is 0 Å². The van der Waals surface area contributed by atoms with Gasteiger partial charge in [0.1, 0.15) is 12.1 Å². The van der Waals surface area contributed by atoms with Gasteiger partial charge in [0.15, 0.2) is 5.65 Å². The summed E-state index contributed by atoms with van der Waals surface area (Å²) in [5, 5.41) is 4.23. The van der Waals surface area contributed by atoms with E-state index in [0.717, 1.165) is 16.9 Å². The minimum Gasteiger partial charge on any atom is -0.340 e. The number of aromatic nitrogens is 3. The Labute approximate surface area is 115 Å². The van der Waals surface area contributed by atoms with E-state index >= 15 is 0 Å². The van der Waals surface area contributed by atoms with Gasteiger partial charge < -0.3 is 5.32 Å². The van der Waals surface area contributed by atoms with Crippen molar-refractivity contribution >= 4 is 34.3 Å². The van der Waals surface area contributed by atoms with E-state index in [1.54, 1.807) is 18.0 Å². The predicted octanol–water partition coefficient (Wildman–Crippen LogP) is 3.49. The Morgan fingerprint density at radius 3 is 2.89 bits per heavy atom. The van der Waals surface area contributed by atoms with Crippen molar-refractivity contribution in [3.63, 3.8) is 0 Å². The molecule has 0 spiro atoms. The first kappa shape index (κ1) is 11.9. The standard InChI is InChI=1S/C14H12N4S/c1-19-11-5-2-4-10(8-11)18-14-12-6-3-7-15-13(12)16-9-17-14/h2-9H,1H3,(H,15,16,17,18). The molecule has 0 fully saturated rings. The van der Waals surface area contributed by atoms with Crippen LogP contribution in [0.15, 0.2) is 53.8 Å². The molecule has 3 rings (SSSR count). The highest BCUT2D eigenvalue weighted by Crippen LogP contribution is 2.24. The van der Waals surface area contributed by atoms with Crippen molar-refractivity contribution in [2.45, 2.75) is 4.90 Å². The van der Waals surface area contributed by atoms with Crippen molar-refractivity contribution in [3.05, 3.63) is 48.9 Å². The van der Waals surface area contributed by atoms with Crippen LogP contribution in [0.2, 0.25) is 0 Å². The zero-order valence-electron chi connectivity index (χ0n) is 10.4. The van der Waals surface area contributed by atoms with Crippen LogP contribution < -0.4 is 5.32 Å². The van der Waals surface area contributed by atoms with Crippen molar-refractivity contribution in [3.8, 4) is 0 Å². The number of thioether (sulfide) groups is 1. The van der Waals surface area contributed by atoms with Crippen LogP contribution >= 0.6 is 11.8 Å². The van der Waals surface area contributed by atoms with Crippen LogP contribution in [0.4, 0.5) is 11.5 Å². The molecule has 0 aliphatic rings. The van der Waals surface area contributed by atoms with Crippen LogP contribution in [0.5, 0.6) is 0 Å². The van der Waals surface area contributed by atoms with Crippen LogP contribution in [-0.4, -0.2) is 21.2 Å². The Hall–Kier alpha value is -2.14. The van der Waals surface area contributed by atoms with Crippen molar-refractivity contribution in [1.82, 2.24) is 15.0 Å². The van der Waals surface area contributed by atoms with E-state index in [2.05, 4.69) is 38.7 Å². The molecule has 2 aromatic heterocycles. The van der Waals surface area contributed by atoms with Gasteiger partial charge in [0.05, 0.1) is 5.39 Å². The van der Waals surface area contributed by atoms with Gasteiger partial charge in [-0.05, 0) is 36.6 Å². The number of hydrogen-bond donors (Lipinski definition) is 1. The summed E-state index contributed by atoms with van der Waals surface area (Å²) in [4.78, 5) is 13.9. The maximum Gasteiger partial charge on any atom is 0.164 e. The average molecular weight is 268 g/mol. The minimum absolute atomic E-state index is 0.695. The lowest BCUT2D eigenvalue weighted by Crippen LogP contribution is -1.96. The van der Waals surface area contributed by atoms with E-state index < -0.39 is 0 Å². The Morgan fingerprint density at radius 1 is 1.05 bits per heavy atom. The van der Waals surface area contributed by atoms with Gasteiger partial charge in [-0.25, -0.2) is 15.0 Å². The Morgan fingerprint density at radius 2 is 2.00 bits per heavy atom. The average Bonchev–Trinajstić information content (AvgIpc) is 2.48. The summed E-state index contributed by atoms with van der Waals surface area (Å²) in [7, 11) is 0. The summed E-state index contributed by atoms with van der Waals surface area (Å²) in [5.41, 5.74) is 1.71. The number of benzene rings is 1. The topological polar surface area (TPSA) is 50.7 Å². The van der Waals surface area contributed by atoms with Crippen LogP contribution in [0.1, 0.15) is 0 Å². The molecule has 2 heterocycles. The van der Waals surface area contributed by atoms with Crippen LogP contribution in [0, 0.1) is 0 Å². The summed E-state index contributed by atoms with van der Waals surface area (Å²) in [5.74, 6) is 0.774. The van der Waals surface area contributed by atoms with E-state index in [4.69, 9.17) is 0 Å². The van der Waals surface area contributed by atoms with E-state index in [1.165, 1.54) is 11.2 Å². The Kier molecular flexibility index (Phi) is 3.29. The number of nitrogens with zero attached hydrogens (tertiary/aromatic N) is 3. The van der Waals surface area contributed by atoms with Gasteiger partial charge in [0.2, 0.25) is 0 Å². The highest BCUT2D eigenvalue weighted by atomic mass is 32.2. The third kappa shape index (κ3) is 2.51. The molecular weight excluding hydrogens is 256 g/mol. The smallest absolute Gasteiger partial charge is 0.164 e. The first-order valence-corrected chi connectivity index (χ1v) is 7.06. The Balaban J connectivity index is 2.01. The van der Waals surface area contributed by atoms with Crippen molar-refractivity contribution in [2.75, 3.05) is 11.6 Å². The lowest BCUT2D eigenvalue weighted by molar-refractivity contribution is 1.18. The SMILES string of the molecule is CSc1cccc(Nc2ncnc3ncccc23)c1. The molecule has 0 radical (unpaired) electrons. The minimum atomic E-state index is 0.695. The van der Waals surface area contributed by atoms with Gasteiger partial charge in [-0.3, -0.25) is 0 Å². The van der Waals surface area contributed by atoms with Crippen LogP contribution in [0.25, 0.3) is 11.0 Å². The Bertz CT molecular complexity index is 709. The van der Waals surface area contributed by atoms with Crippen molar-refractivity contribution in [2.24, 2.45) is 0 Å². The summed E-state index contributed by atoms with van der Waals surface area (Å²) >= 11 is 1.71. The summed E-state index contributed by atoms with van der Waals surface area (Å²) < 4.78 is 0. The molecule has 5 heteroatoms. The molecule has 0 amide bonds. The lowest BCUT2D eigenvalue weighted by atomic mass is 10.3. The maximum atomic E-state index is 4.29. The van der Waals surface area contributed by atoms with Gasteiger partial charge in [-0.2, -0.15) is 0 Å². The van der Waals surface area contributed by atoms with Crippen LogP contribution in [-0.2, 0) is 0 Å². The number of pyridine rings is 1. The fraction of sp³-hybridized carbons (Fsp3) is 0.0714. The third-order valence-electron chi connectivity index (χ3n) is 2.74. The molecule has 1 N–H and O–H groups in total. The van der Waals surface area contributed by atoms with E-state index in [-0.39, 0.29) is 0 Å². The van der Waals surface area contributed by atoms with Gasteiger partial charge >= 0.3 is 0 Å². The molecule has 94 valence electrons. The van der Waals surface area contributed by atoms with Gasteiger partial charge in [0, 0.05) is 16.8 Å². The third-order valence-corrected chi connectivity index (χ3v) is 3.47. The highest BCUT2D eigenvalue weighted by Gasteiger charge is 2.04. The van der Waals surface area contributed by atoms with E-state index in [9.17, 15) is 0 Å². The second kappa shape index (κ2) is 5.24. The molecule has 0 aliphatic heterocycles. The first-order valence-electron chi connectivity index (χ1n) is 5.83. The van der Waals surface area contributed by atoms with E-state index in [0.29, 0.717) is 5.65 Å². The van der Waals surface area contributed by atoms with Gasteiger partial charge in [-0.15, -0.1) is 11.8 Å². The number of hydrogen-bond acceptors (Lipinski definition) is 5. The first-order chi connectivity index (χ1) is 9.36. The summed E-state index contributed by atoms with van der Waals surface area (Å²) in [6.45, 7) is 0. The quantitative estimate of drug-likeness (QED) is 0.737. The zero-order valence-corrected chi connectivity index (χ0v) is 11.2. The molecule has 0 aliphatic carbocycles. The fourth-order valence-electron chi connectivity index (χ4n) is 1.83. The molecule has 0 saturated carbocycles. The maximum absolute atomic E-state index is 4.29. The lowest BCUT2D eigenvalue weighted by Gasteiger charge is -2.08. The van der Waals surface area contributed by atoms with Gasteiger partial charge in [0.25, 0.3) is 0 Å². The van der Waals surface area contributed by atoms with Crippen molar-refractivity contribution < 1.29 is 0 Å². The molecule has 0 bridgehead atoms. The number of fused-ring (bicyclic) bond motifs is 1. The van der Waals surface area contributed by atoms with Gasteiger partial charge in [-0.1, -0.05) is 6.07 Å². The molecule has 3 aromatic rings. The monoisotopic (exact) mass is 268 g/mol. The number of rotatable bonds is 3. The largest absolute Gasteiger partial charge is 0.340 e. The molecular formula is C14H12N4S. The fourth-order valence-corrected chi connectivity index (χ4v) is 2.29. The predicted molar refractivity (Wildman–Crippen MR) is 78.8 cm³/mol. The normalized spacial score (nSPS) is 10.6. The summed E-state index contributed by atoms with van der Waals surface area (Å²) in [6, 6.07) is 12.1. The second-order valence-electron chi connectivity index (χ2n) is 3.95. The van der Waals surface area contributed by atoms with Crippen LogP contribution in [0.3, 0.4) is 0 Å². The highest BCUT2D eigenvalue weighted by molar-refractivity contribution is 7.98. The van der Waals surface area contributed by atoms with E-state index in [1.807, 2.05) is 24.3 Å². The molecule has 1 aromatic carbocycles. The molecule has 0 saturated heterocycles. The second-order valence-corrected chi connectivity index (χ2v) is 4.83. The summed E-state index contributed by atoms with van der Waals surface area (Å²) in [6.07, 6.45) is 5.31.